The van der Waals surface area contributed by atoms with Crippen molar-refractivity contribution in [1.82, 2.24) is 24.5 Å². The highest BCUT2D eigenvalue weighted by Crippen LogP contribution is 2.29. The van der Waals surface area contributed by atoms with Crippen molar-refractivity contribution in [2.75, 3.05) is 50.6 Å². The maximum Gasteiger partial charge on any atom is 0.170 e. The van der Waals surface area contributed by atoms with Crippen LogP contribution in [0, 0.1) is 6.92 Å². The molecule has 5 rings (SSSR count). The van der Waals surface area contributed by atoms with E-state index in [0.717, 1.165) is 65.9 Å². The molecule has 8 heteroatoms. The highest BCUT2D eigenvalue weighted by Gasteiger charge is 2.18. The molecule has 4 heterocycles. The number of piperazine rings is 1. The fraction of sp³-hybridized carbons (Fsp3) is 0.320. The predicted octanol–water partition coefficient (Wildman–Crippen LogP) is 3.47. The molecule has 1 N–H and O–H groups in total. The number of pyridine rings is 2. The lowest BCUT2D eigenvalue weighted by atomic mass is 10.1. The first-order valence-corrected chi connectivity index (χ1v) is 11.2. The molecule has 4 aromatic rings. The van der Waals surface area contributed by atoms with E-state index in [9.17, 15) is 0 Å². The molecule has 1 aromatic carbocycles. The van der Waals surface area contributed by atoms with Crippen molar-refractivity contribution in [3.63, 3.8) is 0 Å². The molecule has 170 valence electrons. The SMILES string of the molecule is COc1ccccc1CNc1ccc(-c2cnc(N3CCN(C)CC3)c(C)c2)c2nncn12. The first-order valence-electron chi connectivity index (χ1n) is 11.2. The maximum absolute atomic E-state index is 5.47. The third kappa shape index (κ3) is 4.21. The molecule has 0 amide bonds. The summed E-state index contributed by atoms with van der Waals surface area (Å²) in [7, 11) is 3.86. The molecule has 0 saturated carbocycles. The van der Waals surface area contributed by atoms with E-state index in [1.807, 2.05) is 28.8 Å². The molecule has 3 aromatic heterocycles. The lowest BCUT2D eigenvalue weighted by Gasteiger charge is -2.34. The maximum atomic E-state index is 5.47. The largest absolute Gasteiger partial charge is 0.496 e. The molecule has 0 atom stereocenters. The normalized spacial score (nSPS) is 14.6. The van der Waals surface area contributed by atoms with Crippen molar-refractivity contribution >= 4 is 17.3 Å². The van der Waals surface area contributed by atoms with Crippen molar-refractivity contribution in [1.29, 1.82) is 0 Å². The van der Waals surface area contributed by atoms with Gasteiger partial charge in [-0.2, -0.15) is 0 Å². The Morgan fingerprint density at radius 2 is 1.88 bits per heavy atom. The van der Waals surface area contributed by atoms with Crippen LogP contribution >= 0.6 is 0 Å². The summed E-state index contributed by atoms with van der Waals surface area (Å²) in [6.07, 6.45) is 3.69. The standard InChI is InChI=1S/C25H29N7O/c1-18-14-20(16-27-24(18)31-12-10-30(2)11-13-31)21-8-9-23(32-17-28-29-25(21)32)26-15-19-6-4-5-7-22(19)33-3/h4-9,14,16-17,26H,10-13,15H2,1-3H3. The number of hydrogen-bond acceptors (Lipinski definition) is 7. The van der Waals surface area contributed by atoms with Gasteiger partial charge in [0.15, 0.2) is 5.65 Å². The van der Waals surface area contributed by atoms with Crippen LogP contribution in [-0.4, -0.2) is 64.8 Å². The Hall–Kier alpha value is -3.65. The van der Waals surface area contributed by atoms with Crippen LogP contribution in [0.2, 0.25) is 0 Å². The monoisotopic (exact) mass is 443 g/mol. The van der Waals surface area contributed by atoms with Crippen molar-refractivity contribution in [3.05, 3.63) is 66.1 Å². The number of rotatable bonds is 6. The number of hydrogen-bond donors (Lipinski definition) is 1. The van der Waals surface area contributed by atoms with Gasteiger partial charge in [0.1, 0.15) is 23.7 Å². The number of benzene rings is 1. The predicted molar refractivity (Wildman–Crippen MR) is 131 cm³/mol. The van der Waals surface area contributed by atoms with Crippen LogP contribution in [0.5, 0.6) is 5.75 Å². The van der Waals surface area contributed by atoms with Crippen molar-refractivity contribution < 1.29 is 4.74 Å². The second-order valence-electron chi connectivity index (χ2n) is 8.48. The van der Waals surface area contributed by atoms with E-state index in [1.54, 1.807) is 13.4 Å². The van der Waals surface area contributed by atoms with E-state index in [4.69, 9.17) is 9.72 Å². The van der Waals surface area contributed by atoms with Gasteiger partial charge in [0.2, 0.25) is 0 Å². The Morgan fingerprint density at radius 1 is 1.06 bits per heavy atom. The van der Waals surface area contributed by atoms with E-state index in [1.165, 1.54) is 5.56 Å². The average molecular weight is 444 g/mol. The van der Waals surface area contributed by atoms with Gasteiger partial charge in [0.05, 0.1) is 7.11 Å². The van der Waals surface area contributed by atoms with Gasteiger partial charge < -0.3 is 19.9 Å². The van der Waals surface area contributed by atoms with E-state index in [-0.39, 0.29) is 0 Å². The zero-order valence-corrected chi connectivity index (χ0v) is 19.3. The van der Waals surface area contributed by atoms with Crippen LogP contribution in [-0.2, 0) is 6.54 Å². The van der Waals surface area contributed by atoms with Crippen LogP contribution in [0.4, 0.5) is 11.6 Å². The van der Waals surface area contributed by atoms with Gasteiger partial charge in [0, 0.05) is 55.6 Å². The van der Waals surface area contributed by atoms with Crippen LogP contribution in [0.15, 0.2) is 55.0 Å². The molecule has 0 unspecified atom stereocenters. The summed E-state index contributed by atoms with van der Waals surface area (Å²) >= 11 is 0. The second-order valence-corrected chi connectivity index (χ2v) is 8.48. The van der Waals surface area contributed by atoms with Crippen molar-refractivity contribution in [3.8, 4) is 16.9 Å². The molecule has 1 fully saturated rings. The summed E-state index contributed by atoms with van der Waals surface area (Å²) in [6.45, 7) is 6.90. The Kier molecular flexibility index (Phi) is 5.83. The second kappa shape index (κ2) is 9.07. The Bertz CT molecular complexity index is 1260. The number of likely N-dealkylation sites (N-methyl/N-ethyl adjacent to an activating group) is 1. The number of aryl methyl sites for hydroxylation is 1. The van der Waals surface area contributed by atoms with Crippen molar-refractivity contribution in [2.45, 2.75) is 13.5 Å². The molecular weight excluding hydrogens is 414 g/mol. The third-order valence-corrected chi connectivity index (χ3v) is 6.27. The number of aromatic nitrogens is 4. The topological polar surface area (TPSA) is 70.8 Å². The summed E-state index contributed by atoms with van der Waals surface area (Å²) in [5.41, 5.74) is 5.11. The fourth-order valence-corrected chi connectivity index (χ4v) is 4.38. The summed E-state index contributed by atoms with van der Waals surface area (Å²) in [5.74, 6) is 2.85. The van der Waals surface area contributed by atoms with Gasteiger partial charge >= 0.3 is 0 Å². The number of para-hydroxylation sites is 1. The van der Waals surface area contributed by atoms with Gasteiger partial charge in [-0.15, -0.1) is 10.2 Å². The highest BCUT2D eigenvalue weighted by atomic mass is 16.5. The van der Waals surface area contributed by atoms with E-state index >= 15 is 0 Å². The van der Waals surface area contributed by atoms with Crippen LogP contribution in [0.1, 0.15) is 11.1 Å². The molecule has 0 bridgehead atoms. The number of nitrogens with zero attached hydrogens (tertiary/aromatic N) is 6. The summed E-state index contributed by atoms with van der Waals surface area (Å²) in [5, 5.41) is 12.1. The number of anilines is 2. The molecule has 1 aliphatic rings. The minimum atomic E-state index is 0.636. The van der Waals surface area contributed by atoms with E-state index in [2.05, 4.69) is 63.6 Å². The highest BCUT2D eigenvalue weighted by molar-refractivity contribution is 5.79. The summed E-state index contributed by atoms with van der Waals surface area (Å²) < 4.78 is 7.45. The number of nitrogens with one attached hydrogen (secondary N) is 1. The van der Waals surface area contributed by atoms with Crippen LogP contribution in [0.3, 0.4) is 0 Å². The van der Waals surface area contributed by atoms with E-state index < -0.39 is 0 Å². The average Bonchev–Trinajstić information content (AvgIpc) is 3.34. The quantitative estimate of drug-likeness (QED) is 0.489. The molecule has 8 nitrogen and oxygen atoms in total. The molecule has 0 spiro atoms. The van der Waals surface area contributed by atoms with Gasteiger partial charge in [-0.3, -0.25) is 4.40 Å². The molecule has 1 aliphatic heterocycles. The van der Waals surface area contributed by atoms with Crippen LogP contribution < -0.4 is 15.0 Å². The molecule has 33 heavy (non-hydrogen) atoms. The zero-order chi connectivity index (χ0) is 22.8. The van der Waals surface area contributed by atoms with Crippen molar-refractivity contribution in [2.24, 2.45) is 0 Å². The minimum Gasteiger partial charge on any atom is -0.496 e. The van der Waals surface area contributed by atoms with E-state index in [0.29, 0.717) is 6.54 Å². The Labute approximate surface area is 193 Å². The fourth-order valence-electron chi connectivity index (χ4n) is 4.38. The lowest BCUT2D eigenvalue weighted by molar-refractivity contribution is 0.312. The number of methoxy groups -OCH3 is 1. The third-order valence-electron chi connectivity index (χ3n) is 6.27. The minimum absolute atomic E-state index is 0.636. The Balaban J connectivity index is 1.41. The lowest BCUT2D eigenvalue weighted by Crippen LogP contribution is -2.45. The molecule has 0 radical (unpaired) electrons. The Morgan fingerprint density at radius 3 is 2.67 bits per heavy atom. The summed E-state index contributed by atoms with van der Waals surface area (Å²) in [6, 6.07) is 14.4. The molecule has 0 aliphatic carbocycles. The zero-order valence-electron chi connectivity index (χ0n) is 19.3. The first kappa shape index (κ1) is 21.2. The van der Waals surface area contributed by atoms with Gasteiger partial charge in [-0.05, 0) is 43.8 Å². The van der Waals surface area contributed by atoms with Gasteiger partial charge in [-0.1, -0.05) is 18.2 Å². The smallest absolute Gasteiger partial charge is 0.170 e. The molecule has 1 saturated heterocycles. The van der Waals surface area contributed by atoms with Crippen LogP contribution in [0.25, 0.3) is 16.8 Å². The number of ether oxygens (including phenoxy) is 1. The first-order chi connectivity index (χ1) is 16.1. The summed E-state index contributed by atoms with van der Waals surface area (Å²) in [4.78, 5) is 9.56. The number of fused-ring (bicyclic) bond motifs is 1. The molecular formula is C25H29N7O. The van der Waals surface area contributed by atoms with Gasteiger partial charge in [-0.25, -0.2) is 4.98 Å². The van der Waals surface area contributed by atoms with Gasteiger partial charge in [0.25, 0.3) is 0 Å².